The highest BCUT2D eigenvalue weighted by Gasteiger charge is 2.21. The summed E-state index contributed by atoms with van der Waals surface area (Å²) >= 11 is 1.56. The molecule has 2 aromatic heterocycles. The number of thiophene rings is 1. The van der Waals surface area contributed by atoms with Crippen LogP contribution in [-0.4, -0.2) is 15.9 Å². The van der Waals surface area contributed by atoms with Gasteiger partial charge in [-0.2, -0.15) is 0 Å². The SMILES string of the molecule is C[C@@H](NC(=O)CCc1nc2sc3c(c2c(=O)[nH]1)CCC3)c1ccc(F)c(F)c1. The lowest BCUT2D eigenvalue weighted by molar-refractivity contribution is -0.121. The van der Waals surface area contributed by atoms with E-state index in [1.165, 1.54) is 10.9 Å². The largest absolute Gasteiger partial charge is 0.350 e. The molecule has 1 aliphatic carbocycles. The molecular formula is C20H19F2N3O2S. The Morgan fingerprint density at radius 1 is 1.32 bits per heavy atom. The molecule has 3 aromatic rings. The Morgan fingerprint density at radius 3 is 2.93 bits per heavy atom. The monoisotopic (exact) mass is 403 g/mol. The number of hydrogen-bond donors (Lipinski definition) is 2. The number of H-pyrrole nitrogens is 1. The number of fused-ring (bicyclic) bond motifs is 3. The minimum absolute atomic E-state index is 0.132. The molecule has 2 heterocycles. The highest BCUT2D eigenvalue weighted by Crippen LogP contribution is 2.34. The predicted octanol–water partition coefficient (Wildman–Crippen LogP) is 3.56. The van der Waals surface area contributed by atoms with Crippen molar-refractivity contribution in [3.05, 3.63) is 62.0 Å². The molecule has 2 N–H and O–H groups in total. The number of hydrogen-bond acceptors (Lipinski definition) is 4. The zero-order valence-corrected chi connectivity index (χ0v) is 16.1. The molecule has 4 rings (SSSR count). The molecule has 0 saturated carbocycles. The lowest BCUT2D eigenvalue weighted by atomic mass is 10.1. The number of carbonyl (C=O) groups excluding carboxylic acids is 1. The summed E-state index contributed by atoms with van der Waals surface area (Å²) in [5, 5.41) is 3.44. The lowest BCUT2D eigenvalue weighted by Gasteiger charge is -2.14. The zero-order valence-electron chi connectivity index (χ0n) is 15.3. The molecule has 1 aromatic carbocycles. The second-order valence-electron chi connectivity index (χ2n) is 7.01. The molecule has 0 spiro atoms. The van der Waals surface area contributed by atoms with Gasteiger partial charge in [0.15, 0.2) is 11.6 Å². The first-order valence-electron chi connectivity index (χ1n) is 9.20. The fourth-order valence-electron chi connectivity index (χ4n) is 3.58. The van der Waals surface area contributed by atoms with Gasteiger partial charge < -0.3 is 10.3 Å². The predicted molar refractivity (Wildman–Crippen MR) is 104 cm³/mol. The van der Waals surface area contributed by atoms with Gasteiger partial charge in [0, 0.05) is 17.7 Å². The van der Waals surface area contributed by atoms with E-state index in [9.17, 15) is 18.4 Å². The van der Waals surface area contributed by atoms with E-state index in [-0.39, 0.29) is 17.9 Å². The van der Waals surface area contributed by atoms with Gasteiger partial charge in [-0.3, -0.25) is 9.59 Å². The van der Waals surface area contributed by atoms with E-state index in [0.717, 1.165) is 41.8 Å². The first-order valence-corrected chi connectivity index (χ1v) is 10.0. The summed E-state index contributed by atoms with van der Waals surface area (Å²) in [4.78, 5) is 33.9. The smallest absolute Gasteiger partial charge is 0.259 e. The standard InChI is InChI=1S/C20H19F2N3O2S/c1-10(11-5-6-13(21)14(22)9-11)23-17(26)8-7-16-24-19(27)18-12-3-2-4-15(12)28-20(18)25-16/h5-6,9-10H,2-4,7-8H2,1H3,(H,23,26)(H,24,25,27)/t10-/m1/s1. The summed E-state index contributed by atoms with van der Waals surface area (Å²) in [6.07, 6.45) is 3.42. The van der Waals surface area contributed by atoms with Crippen LogP contribution in [-0.2, 0) is 24.1 Å². The van der Waals surface area contributed by atoms with E-state index in [0.29, 0.717) is 23.2 Å². The van der Waals surface area contributed by atoms with Crippen molar-refractivity contribution in [3.8, 4) is 0 Å². The van der Waals surface area contributed by atoms with Crippen LogP contribution < -0.4 is 10.9 Å². The molecule has 1 aliphatic rings. The minimum Gasteiger partial charge on any atom is -0.350 e. The summed E-state index contributed by atoms with van der Waals surface area (Å²) < 4.78 is 26.4. The van der Waals surface area contributed by atoms with E-state index < -0.39 is 17.7 Å². The second kappa shape index (κ2) is 7.43. The van der Waals surface area contributed by atoms with Crippen molar-refractivity contribution in [1.29, 1.82) is 0 Å². The molecule has 0 fully saturated rings. The molecule has 0 unspecified atom stereocenters. The van der Waals surface area contributed by atoms with Gasteiger partial charge in [0.05, 0.1) is 11.4 Å². The third-order valence-electron chi connectivity index (χ3n) is 5.03. The number of carbonyl (C=O) groups is 1. The molecule has 0 saturated heterocycles. The van der Waals surface area contributed by atoms with Crippen LogP contribution in [0.25, 0.3) is 10.2 Å². The first kappa shape index (κ1) is 18.7. The molecule has 5 nitrogen and oxygen atoms in total. The van der Waals surface area contributed by atoms with Gasteiger partial charge in [0.1, 0.15) is 10.7 Å². The molecule has 146 valence electrons. The van der Waals surface area contributed by atoms with Crippen LogP contribution >= 0.6 is 11.3 Å². The summed E-state index contributed by atoms with van der Waals surface area (Å²) in [5.74, 6) is -1.65. The lowest BCUT2D eigenvalue weighted by Crippen LogP contribution is -2.27. The number of nitrogens with zero attached hydrogens (tertiary/aromatic N) is 1. The third kappa shape index (κ3) is 3.56. The van der Waals surface area contributed by atoms with E-state index >= 15 is 0 Å². The second-order valence-corrected chi connectivity index (χ2v) is 8.10. The Kier molecular flexibility index (Phi) is 4.97. The highest BCUT2D eigenvalue weighted by molar-refractivity contribution is 7.18. The molecule has 0 bridgehead atoms. The maximum Gasteiger partial charge on any atom is 0.259 e. The van der Waals surface area contributed by atoms with Crippen LogP contribution in [0.3, 0.4) is 0 Å². The van der Waals surface area contributed by atoms with Crippen molar-refractivity contribution in [2.24, 2.45) is 0 Å². The topological polar surface area (TPSA) is 74.8 Å². The quantitative estimate of drug-likeness (QED) is 0.684. The fourth-order valence-corrected chi connectivity index (χ4v) is 4.86. The summed E-state index contributed by atoms with van der Waals surface area (Å²) in [7, 11) is 0. The van der Waals surface area contributed by atoms with Crippen LogP contribution in [0.4, 0.5) is 8.78 Å². The Labute approximate surface area is 163 Å². The van der Waals surface area contributed by atoms with Crippen molar-refractivity contribution < 1.29 is 13.6 Å². The number of rotatable bonds is 5. The van der Waals surface area contributed by atoms with Crippen LogP contribution in [0, 0.1) is 11.6 Å². The Balaban J connectivity index is 1.42. The van der Waals surface area contributed by atoms with Crippen molar-refractivity contribution in [2.75, 3.05) is 0 Å². The van der Waals surface area contributed by atoms with Gasteiger partial charge in [-0.05, 0) is 49.4 Å². The molecule has 0 aliphatic heterocycles. The van der Waals surface area contributed by atoms with E-state index in [4.69, 9.17) is 0 Å². The average molecular weight is 403 g/mol. The maximum atomic E-state index is 13.3. The minimum atomic E-state index is -0.948. The number of halogens is 2. The number of aromatic nitrogens is 2. The third-order valence-corrected chi connectivity index (χ3v) is 6.22. The highest BCUT2D eigenvalue weighted by atomic mass is 32.1. The molecule has 8 heteroatoms. The van der Waals surface area contributed by atoms with Crippen LogP contribution in [0.5, 0.6) is 0 Å². The number of aryl methyl sites for hydroxylation is 3. The molecule has 28 heavy (non-hydrogen) atoms. The molecule has 0 radical (unpaired) electrons. The molecular weight excluding hydrogens is 384 g/mol. The van der Waals surface area contributed by atoms with Gasteiger partial charge in [0.25, 0.3) is 5.56 Å². The van der Waals surface area contributed by atoms with Crippen LogP contribution in [0.2, 0.25) is 0 Å². The Bertz CT molecular complexity index is 1120. The number of amides is 1. The van der Waals surface area contributed by atoms with Crippen molar-refractivity contribution in [2.45, 2.75) is 45.1 Å². The zero-order chi connectivity index (χ0) is 19.8. The molecule has 1 amide bonds. The fraction of sp³-hybridized carbons (Fsp3) is 0.350. The van der Waals surface area contributed by atoms with E-state index in [1.807, 2.05) is 0 Å². The van der Waals surface area contributed by atoms with Crippen molar-refractivity contribution in [1.82, 2.24) is 15.3 Å². The van der Waals surface area contributed by atoms with Crippen molar-refractivity contribution in [3.63, 3.8) is 0 Å². The van der Waals surface area contributed by atoms with Gasteiger partial charge in [-0.15, -0.1) is 11.3 Å². The van der Waals surface area contributed by atoms with Crippen LogP contribution in [0.15, 0.2) is 23.0 Å². The Hall–Kier alpha value is -2.61. The van der Waals surface area contributed by atoms with E-state index in [2.05, 4.69) is 15.3 Å². The normalized spacial score (nSPS) is 14.2. The van der Waals surface area contributed by atoms with Gasteiger partial charge >= 0.3 is 0 Å². The Morgan fingerprint density at radius 2 is 2.14 bits per heavy atom. The summed E-state index contributed by atoms with van der Waals surface area (Å²) in [5.41, 5.74) is 1.46. The summed E-state index contributed by atoms with van der Waals surface area (Å²) in [6.45, 7) is 1.70. The van der Waals surface area contributed by atoms with E-state index in [1.54, 1.807) is 18.3 Å². The van der Waals surface area contributed by atoms with Crippen LogP contribution in [0.1, 0.15) is 47.6 Å². The first-order chi connectivity index (χ1) is 13.4. The van der Waals surface area contributed by atoms with Crippen molar-refractivity contribution >= 4 is 27.5 Å². The average Bonchev–Trinajstić information content (AvgIpc) is 3.22. The number of aromatic amines is 1. The maximum absolute atomic E-state index is 13.3. The van der Waals surface area contributed by atoms with Gasteiger partial charge in [-0.1, -0.05) is 6.07 Å². The van der Waals surface area contributed by atoms with Gasteiger partial charge in [-0.25, -0.2) is 13.8 Å². The van der Waals surface area contributed by atoms with Gasteiger partial charge in [0.2, 0.25) is 5.91 Å². The summed E-state index contributed by atoms with van der Waals surface area (Å²) in [6, 6.07) is 3.09. The number of benzene rings is 1. The molecule has 1 atom stereocenters. The number of nitrogens with one attached hydrogen (secondary N) is 2.